The lowest BCUT2D eigenvalue weighted by Crippen LogP contribution is -2.23. The van der Waals surface area contributed by atoms with E-state index in [1.54, 1.807) is 30.6 Å². The van der Waals surface area contributed by atoms with Gasteiger partial charge in [0.2, 0.25) is 0 Å². The maximum atomic E-state index is 12.4. The Morgan fingerprint density at radius 3 is 2.62 bits per heavy atom. The van der Waals surface area contributed by atoms with Gasteiger partial charge in [0.15, 0.2) is 0 Å². The Kier molecular flexibility index (Phi) is 5.87. The molecule has 2 N–H and O–H groups in total. The van der Waals surface area contributed by atoms with Crippen molar-refractivity contribution >= 4 is 28.9 Å². The molecule has 4 nitrogen and oxygen atoms in total. The summed E-state index contributed by atoms with van der Waals surface area (Å²) in [5.74, 6) is -0.167. The molecule has 26 heavy (non-hydrogen) atoms. The van der Waals surface area contributed by atoms with E-state index >= 15 is 0 Å². The molecule has 0 saturated heterocycles. The zero-order valence-corrected chi connectivity index (χ0v) is 15.3. The van der Waals surface area contributed by atoms with Crippen LogP contribution in [-0.2, 0) is 13.0 Å². The summed E-state index contributed by atoms with van der Waals surface area (Å²) >= 11 is 5.87. The summed E-state index contributed by atoms with van der Waals surface area (Å²) in [6.45, 7) is 2.55. The Balaban J connectivity index is 1.68. The molecule has 0 atom stereocenters. The SMILES string of the molecule is CCc1ccccc1Nc1cncc(C(=O)NCc2ccc(Cl)cc2)c1. The molecular formula is C21H20ClN3O. The van der Waals surface area contributed by atoms with Crippen LogP contribution in [0.4, 0.5) is 11.4 Å². The summed E-state index contributed by atoms with van der Waals surface area (Å²) in [5, 5.41) is 6.92. The zero-order valence-electron chi connectivity index (χ0n) is 14.5. The van der Waals surface area contributed by atoms with Gasteiger partial charge in [0, 0.05) is 23.5 Å². The third kappa shape index (κ3) is 4.61. The number of benzene rings is 2. The number of aryl methyl sites for hydroxylation is 1. The first kappa shape index (κ1) is 18.0. The van der Waals surface area contributed by atoms with Crippen molar-refractivity contribution in [2.24, 2.45) is 0 Å². The fraction of sp³-hybridized carbons (Fsp3) is 0.143. The van der Waals surface area contributed by atoms with Crippen molar-refractivity contribution in [3.8, 4) is 0 Å². The number of nitrogens with one attached hydrogen (secondary N) is 2. The van der Waals surface area contributed by atoms with E-state index in [9.17, 15) is 4.79 Å². The van der Waals surface area contributed by atoms with Gasteiger partial charge in [-0.3, -0.25) is 9.78 Å². The molecule has 132 valence electrons. The number of anilines is 2. The maximum absolute atomic E-state index is 12.4. The maximum Gasteiger partial charge on any atom is 0.253 e. The Morgan fingerprint density at radius 2 is 1.85 bits per heavy atom. The van der Waals surface area contributed by atoms with Crippen LogP contribution in [0.3, 0.4) is 0 Å². The molecule has 0 unspecified atom stereocenters. The van der Waals surface area contributed by atoms with E-state index < -0.39 is 0 Å². The van der Waals surface area contributed by atoms with Crippen LogP contribution in [0.25, 0.3) is 0 Å². The lowest BCUT2D eigenvalue weighted by atomic mass is 10.1. The van der Waals surface area contributed by atoms with E-state index in [-0.39, 0.29) is 5.91 Å². The van der Waals surface area contributed by atoms with Crippen molar-refractivity contribution in [2.45, 2.75) is 19.9 Å². The van der Waals surface area contributed by atoms with E-state index in [0.717, 1.165) is 23.4 Å². The molecule has 0 spiro atoms. The number of carbonyl (C=O) groups excluding carboxylic acids is 1. The number of carbonyl (C=O) groups is 1. The average molecular weight is 366 g/mol. The van der Waals surface area contributed by atoms with Gasteiger partial charge in [0.05, 0.1) is 17.4 Å². The van der Waals surface area contributed by atoms with Crippen LogP contribution >= 0.6 is 11.6 Å². The van der Waals surface area contributed by atoms with Gasteiger partial charge in [0.25, 0.3) is 5.91 Å². The monoisotopic (exact) mass is 365 g/mol. The second-order valence-corrected chi connectivity index (χ2v) is 6.34. The molecule has 0 bridgehead atoms. The number of rotatable bonds is 6. The van der Waals surface area contributed by atoms with Crippen molar-refractivity contribution in [2.75, 3.05) is 5.32 Å². The summed E-state index contributed by atoms with van der Waals surface area (Å²) in [5.41, 5.74) is 4.52. The summed E-state index contributed by atoms with van der Waals surface area (Å²) in [4.78, 5) is 16.6. The number of halogens is 1. The fourth-order valence-corrected chi connectivity index (χ4v) is 2.75. The van der Waals surface area contributed by atoms with Gasteiger partial charge in [0.1, 0.15) is 0 Å². The molecule has 0 aliphatic heterocycles. The van der Waals surface area contributed by atoms with Crippen LogP contribution < -0.4 is 10.6 Å². The second-order valence-electron chi connectivity index (χ2n) is 5.91. The molecule has 1 heterocycles. The summed E-state index contributed by atoms with van der Waals surface area (Å²) < 4.78 is 0. The van der Waals surface area contributed by atoms with Crippen molar-refractivity contribution in [3.05, 3.63) is 88.7 Å². The molecule has 0 aliphatic rings. The van der Waals surface area contributed by atoms with E-state index in [0.29, 0.717) is 17.1 Å². The number of para-hydroxylation sites is 1. The lowest BCUT2D eigenvalue weighted by molar-refractivity contribution is 0.0950. The second kappa shape index (κ2) is 8.50. The van der Waals surface area contributed by atoms with E-state index in [2.05, 4.69) is 28.6 Å². The molecule has 3 aromatic rings. The zero-order chi connectivity index (χ0) is 18.4. The Labute approximate surface area is 158 Å². The highest BCUT2D eigenvalue weighted by atomic mass is 35.5. The Morgan fingerprint density at radius 1 is 1.08 bits per heavy atom. The molecule has 0 aliphatic carbocycles. The number of aromatic nitrogens is 1. The first-order valence-corrected chi connectivity index (χ1v) is 8.86. The molecule has 0 saturated carbocycles. The van der Waals surface area contributed by atoms with E-state index in [4.69, 9.17) is 11.6 Å². The highest BCUT2D eigenvalue weighted by Gasteiger charge is 2.08. The van der Waals surface area contributed by atoms with Crippen LogP contribution in [0.15, 0.2) is 67.0 Å². The topological polar surface area (TPSA) is 54.0 Å². The number of hydrogen-bond donors (Lipinski definition) is 2. The number of nitrogens with zero attached hydrogens (tertiary/aromatic N) is 1. The highest BCUT2D eigenvalue weighted by Crippen LogP contribution is 2.21. The normalized spacial score (nSPS) is 10.4. The summed E-state index contributed by atoms with van der Waals surface area (Å²) in [6, 6.07) is 17.3. The Hall–Kier alpha value is -2.85. The lowest BCUT2D eigenvalue weighted by Gasteiger charge is -2.11. The number of amides is 1. The van der Waals surface area contributed by atoms with Gasteiger partial charge >= 0.3 is 0 Å². The summed E-state index contributed by atoms with van der Waals surface area (Å²) in [7, 11) is 0. The van der Waals surface area contributed by atoms with Crippen molar-refractivity contribution < 1.29 is 4.79 Å². The molecule has 3 rings (SSSR count). The van der Waals surface area contributed by atoms with Crippen molar-refractivity contribution in [1.82, 2.24) is 10.3 Å². The minimum absolute atomic E-state index is 0.167. The van der Waals surface area contributed by atoms with E-state index in [1.165, 1.54) is 5.56 Å². The van der Waals surface area contributed by atoms with Gasteiger partial charge < -0.3 is 10.6 Å². The average Bonchev–Trinajstić information content (AvgIpc) is 2.68. The molecule has 2 aromatic carbocycles. The predicted molar refractivity (Wildman–Crippen MR) is 106 cm³/mol. The molecule has 0 radical (unpaired) electrons. The quantitative estimate of drug-likeness (QED) is 0.648. The van der Waals surface area contributed by atoms with Crippen LogP contribution in [0.1, 0.15) is 28.4 Å². The third-order valence-electron chi connectivity index (χ3n) is 4.04. The van der Waals surface area contributed by atoms with Gasteiger partial charge in [-0.2, -0.15) is 0 Å². The fourth-order valence-electron chi connectivity index (χ4n) is 2.63. The van der Waals surface area contributed by atoms with Gasteiger partial charge in [-0.25, -0.2) is 0 Å². The molecule has 0 fully saturated rings. The van der Waals surface area contributed by atoms with Gasteiger partial charge in [-0.05, 0) is 41.8 Å². The predicted octanol–water partition coefficient (Wildman–Crippen LogP) is 4.97. The van der Waals surface area contributed by atoms with Crippen LogP contribution in [-0.4, -0.2) is 10.9 Å². The van der Waals surface area contributed by atoms with Crippen LogP contribution in [0.5, 0.6) is 0 Å². The minimum Gasteiger partial charge on any atom is -0.354 e. The molecule has 5 heteroatoms. The van der Waals surface area contributed by atoms with E-state index in [1.807, 2.05) is 30.3 Å². The number of pyridine rings is 1. The largest absolute Gasteiger partial charge is 0.354 e. The molecule has 1 amide bonds. The summed E-state index contributed by atoms with van der Waals surface area (Å²) in [6.07, 6.45) is 4.20. The Bertz CT molecular complexity index is 894. The first-order chi connectivity index (χ1) is 12.7. The van der Waals surface area contributed by atoms with Crippen LogP contribution in [0.2, 0.25) is 5.02 Å². The van der Waals surface area contributed by atoms with Crippen LogP contribution in [0, 0.1) is 0 Å². The van der Waals surface area contributed by atoms with Gasteiger partial charge in [-0.1, -0.05) is 48.9 Å². The molecular weight excluding hydrogens is 346 g/mol. The third-order valence-corrected chi connectivity index (χ3v) is 4.30. The first-order valence-electron chi connectivity index (χ1n) is 8.48. The minimum atomic E-state index is -0.167. The van der Waals surface area contributed by atoms with Crippen molar-refractivity contribution in [1.29, 1.82) is 0 Å². The highest BCUT2D eigenvalue weighted by molar-refractivity contribution is 6.30. The number of hydrogen-bond acceptors (Lipinski definition) is 3. The van der Waals surface area contributed by atoms with Crippen molar-refractivity contribution in [3.63, 3.8) is 0 Å². The standard InChI is InChI=1S/C21H20ClN3O/c1-2-16-5-3-4-6-20(16)25-19-11-17(13-23-14-19)21(26)24-12-15-7-9-18(22)10-8-15/h3-11,13-14,25H,2,12H2,1H3,(H,24,26). The molecule has 1 aromatic heterocycles. The van der Waals surface area contributed by atoms with Gasteiger partial charge in [-0.15, -0.1) is 0 Å². The smallest absolute Gasteiger partial charge is 0.253 e.